The molecule has 66 valence electrons. The van der Waals surface area contributed by atoms with Crippen LogP contribution >= 0.6 is 0 Å². The number of hydrogen-bond donors (Lipinski definition) is 1. The largest absolute Gasteiger partial charge is 0.199 e. The standard InChI is InChI=1S/C10H17N2/c1-2-3-5-8-11-12-9-6-4-7-10-12/h4,6-7,9-11H,2-3,5,8H2,1H3/q+1. The molecule has 0 bridgehead atoms. The second kappa shape index (κ2) is 5.58. The van der Waals surface area contributed by atoms with E-state index in [0.717, 1.165) is 6.54 Å². The predicted octanol–water partition coefficient (Wildman–Crippen LogP) is 1.71. The summed E-state index contributed by atoms with van der Waals surface area (Å²) in [6.45, 7) is 3.28. The summed E-state index contributed by atoms with van der Waals surface area (Å²) in [4.78, 5) is 0. The highest BCUT2D eigenvalue weighted by Crippen LogP contribution is 1.90. The highest BCUT2D eigenvalue weighted by atomic mass is 15.4. The summed E-state index contributed by atoms with van der Waals surface area (Å²) in [5.74, 6) is 0. The van der Waals surface area contributed by atoms with Gasteiger partial charge in [0, 0.05) is 12.1 Å². The van der Waals surface area contributed by atoms with Crippen molar-refractivity contribution in [3.8, 4) is 0 Å². The zero-order valence-corrected chi connectivity index (χ0v) is 7.66. The summed E-state index contributed by atoms with van der Waals surface area (Å²) in [5.41, 5.74) is 3.30. The number of unbranched alkanes of at least 4 members (excludes halogenated alkanes) is 2. The first-order valence-corrected chi connectivity index (χ1v) is 4.63. The molecule has 2 heteroatoms. The Morgan fingerprint density at radius 1 is 1.08 bits per heavy atom. The fraction of sp³-hybridized carbons (Fsp3) is 0.500. The van der Waals surface area contributed by atoms with E-state index < -0.39 is 0 Å². The summed E-state index contributed by atoms with van der Waals surface area (Å²) >= 11 is 0. The molecule has 12 heavy (non-hydrogen) atoms. The third-order valence-corrected chi connectivity index (χ3v) is 1.79. The molecule has 1 aromatic rings. The summed E-state index contributed by atoms with van der Waals surface area (Å²) in [6, 6.07) is 6.06. The van der Waals surface area contributed by atoms with Gasteiger partial charge >= 0.3 is 0 Å². The van der Waals surface area contributed by atoms with Crippen molar-refractivity contribution in [1.29, 1.82) is 0 Å². The van der Waals surface area contributed by atoms with Crippen LogP contribution in [0.15, 0.2) is 30.6 Å². The van der Waals surface area contributed by atoms with E-state index in [1.807, 2.05) is 35.3 Å². The topological polar surface area (TPSA) is 15.9 Å². The van der Waals surface area contributed by atoms with Crippen LogP contribution in [0.1, 0.15) is 26.2 Å². The molecule has 0 spiro atoms. The normalized spacial score (nSPS) is 9.75. The summed E-state index contributed by atoms with van der Waals surface area (Å²) in [5, 5.41) is 0. The Balaban J connectivity index is 2.16. The monoisotopic (exact) mass is 165 g/mol. The van der Waals surface area contributed by atoms with E-state index in [4.69, 9.17) is 0 Å². The third kappa shape index (κ3) is 3.37. The van der Waals surface area contributed by atoms with E-state index in [2.05, 4.69) is 12.3 Å². The van der Waals surface area contributed by atoms with Crippen molar-refractivity contribution in [3.05, 3.63) is 30.6 Å². The first-order chi connectivity index (χ1) is 5.93. The lowest BCUT2D eigenvalue weighted by molar-refractivity contribution is -0.650. The molecular weight excluding hydrogens is 148 g/mol. The lowest BCUT2D eigenvalue weighted by atomic mass is 10.2. The maximum atomic E-state index is 3.30. The Morgan fingerprint density at radius 2 is 1.83 bits per heavy atom. The Hall–Kier alpha value is -1.05. The molecule has 0 atom stereocenters. The van der Waals surface area contributed by atoms with E-state index in [1.54, 1.807) is 0 Å². The SMILES string of the molecule is CCCCCN[n+]1ccccc1. The molecule has 1 heterocycles. The minimum atomic E-state index is 1.06. The highest BCUT2D eigenvalue weighted by Gasteiger charge is 1.93. The van der Waals surface area contributed by atoms with Crippen molar-refractivity contribution >= 4 is 0 Å². The zero-order chi connectivity index (χ0) is 8.65. The molecule has 0 radical (unpaired) electrons. The number of pyridine rings is 1. The molecule has 0 aliphatic heterocycles. The van der Waals surface area contributed by atoms with Crippen LogP contribution in [0.4, 0.5) is 0 Å². The van der Waals surface area contributed by atoms with Crippen molar-refractivity contribution in [2.45, 2.75) is 26.2 Å². The van der Waals surface area contributed by atoms with Crippen LogP contribution in [-0.4, -0.2) is 6.54 Å². The van der Waals surface area contributed by atoms with Gasteiger partial charge in [0.05, 0.1) is 6.54 Å². The molecule has 1 rings (SSSR count). The van der Waals surface area contributed by atoms with Gasteiger partial charge in [0.15, 0.2) is 12.4 Å². The van der Waals surface area contributed by atoms with Gasteiger partial charge < -0.3 is 0 Å². The molecule has 0 aliphatic rings. The Morgan fingerprint density at radius 3 is 2.50 bits per heavy atom. The molecule has 0 saturated carbocycles. The van der Waals surface area contributed by atoms with Gasteiger partial charge in [-0.2, -0.15) is 5.43 Å². The predicted molar refractivity (Wildman–Crippen MR) is 50.4 cm³/mol. The van der Waals surface area contributed by atoms with Crippen molar-refractivity contribution in [3.63, 3.8) is 0 Å². The quantitative estimate of drug-likeness (QED) is 0.519. The van der Waals surface area contributed by atoms with Crippen molar-refractivity contribution in [2.75, 3.05) is 12.0 Å². The van der Waals surface area contributed by atoms with Crippen LogP contribution in [0.3, 0.4) is 0 Å². The minimum Gasteiger partial charge on any atom is -0.193 e. The van der Waals surface area contributed by atoms with Crippen LogP contribution < -0.4 is 10.1 Å². The van der Waals surface area contributed by atoms with Gasteiger partial charge in [-0.3, -0.25) is 0 Å². The summed E-state index contributed by atoms with van der Waals surface area (Å²) in [6.07, 6.45) is 7.87. The molecule has 0 amide bonds. The molecule has 0 aliphatic carbocycles. The van der Waals surface area contributed by atoms with Crippen molar-refractivity contribution in [1.82, 2.24) is 0 Å². The molecule has 0 aromatic carbocycles. The lowest BCUT2D eigenvalue weighted by Gasteiger charge is -1.98. The van der Waals surface area contributed by atoms with Gasteiger partial charge in [0.25, 0.3) is 0 Å². The Bertz CT molecular complexity index is 196. The number of aromatic nitrogens is 1. The maximum absolute atomic E-state index is 3.30. The Labute approximate surface area is 74.2 Å². The molecule has 0 unspecified atom stereocenters. The number of hydrogen-bond acceptors (Lipinski definition) is 1. The Kier molecular flexibility index (Phi) is 4.21. The summed E-state index contributed by atoms with van der Waals surface area (Å²) in [7, 11) is 0. The first-order valence-electron chi connectivity index (χ1n) is 4.63. The molecular formula is C10H17N2+. The van der Waals surface area contributed by atoms with Gasteiger partial charge in [0.1, 0.15) is 0 Å². The molecule has 0 saturated heterocycles. The zero-order valence-electron chi connectivity index (χ0n) is 7.66. The molecule has 1 N–H and O–H groups in total. The smallest absolute Gasteiger partial charge is 0.193 e. The fourth-order valence-electron chi connectivity index (χ4n) is 1.09. The second-order valence-electron chi connectivity index (χ2n) is 2.90. The fourth-order valence-corrected chi connectivity index (χ4v) is 1.09. The van der Waals surface area contributed by atoms with Crippen LogP contribution in [0, 0.1) is 0 Å². The third-order valence-electron chi connectivity index (χ3n) is 1.79. The van der Waals surface area contributed by atoms with E-state index in [-0.39, 0.29) is 0 Å². The van der Waals surface area contributed by atoms with E-state index >= 15 is 0 Å². The van der Waals surface area contributed by atoms with Crippen molar-refractivity contribution in [2.24, 2.45) is 0 Å². The van der Waals surface area contributed by atoms with Crippen LogP contribution in [0.25, 0.3) is 0 Å². The molecule has 1 aromatic heterocycles. The number of nitrogens with zero attached hydrogens (tertiary/aromatic N) is 1. The van der Waals surface area contributed by atoms with E-state index in [0.29, 0.717) is 0 Å². The van der Waals surface area contributed by atoms with Gasteiger partial charge in [-0.25, -0.2) is 0 Å². The first kappa shape index (κ1) is 9.04. The van der Waals surface area contributed by atoms with E-state index in [9.17, 15) is 0 Å². The lowest BCUT2D eigenvalue weighted by Crippen LogP contribution is -2.44. The minimum absolute atomic E-state index is 1.06. The molecule has 0 fully saturated rings. The molecule has 2 nitrogen and oxygen atoms in total. The van der Waals surface area contributed by atoms with Crippen LogP contribution in [0.5, 0.6) is 0 Å². The van der Waals surface area contributed by atoms with Crippen LogP contribution in [-0.2, 0) is 0 Å². The van der Waals surface area contributed by atoms with E-state index in [1.165, 1.54) is 19.3 Å². The van der Waals surface area contributed by atoms with Crippen LogP contribution in [0.2, 0.25) is 0 Å². The summed E-state index contributed by atoms with van der Waals surface area (Å²) < 4.78 is 2.00. The number of rotatable bonds is 5. The van der Waals surface area contributed by atoms with Crippen molar-refractivity contribution < 1.29 is 4.68 Å². The van der Waals surface area contributed by atoms with Gasteiger partial charge in [-0.1, -0.05) is 30.5 Å². The average Bonchev–Trinajstić information content (AvgIpc) is 2.14. The number of nitrogens with one attached hydrogen (secondary N) is 1. The van der Waals surface area contributed by atoms with Gasteiger partial charge in [-0.05, 0) is 6.42 Å². The highest BCUT2D eigenvalue weighted by molar-refractivity contribution is 4.84. The average molecular weight is 165 g/mol. The van der Waals surface area contributed by atoms with Gasteiger partial charge in [0.2, 0.25) is 0 Å². The second-order valence-corrected chi connectivity index (χ2v) is 2.90. The van der Waals surface area contributed by atoms with Gasteiger partial charge in [-0.15, -0.1) is 0 Å². The maximum Gasteiger partial charge on any atom is 0.199 e.